The molecule has 0 radical (unpaired) electrons. The lowest BCUT2D eigenvalue weighted by molar-refractivity contribution is -0.119. The Morgan fingerprint density at radius 2 is 1.95 bits per heavy atom. The van der Waals surface area contributed by atoms with Gasteiger partial charge in [0.05, 0.1) is 12.8 Å². The van der Waals surface area contributed by atoms with E-state index in [1.54, 1.807) is 6.07 Å². The fraction of sp³-hybridized carbons (Fsp3) is 0.429. The normalized spacial score (nSPS) is 14.9. The van der Waals surface area contributed by atoms with E-state index in [4.69, 9.17) is 0 Å². The molecule has 0 spiro atoms. The standard InChI is InChI=1S/C14H17FN2O3/c1-20-14(19)17-12-7-6-10(8-11(12)15)16-13(18)9-4-2-3-5-9/h6-9H,2-5H2,1H3,(H,16,18)(H,17,19). The van der Waals surface area contributed by atoms with Crippen molar-refractivity contribution in [3.63, 3.8) is 0 Å². The topological polar surface area (TPSA) is 67.4 Å². The summed E-state index contributed by atoms with van der Waals surface area (Å²) in [5.41, 5.74) is 0.394. The number of anilines is 2. The maximum atomic E-state index is 13.8. The van der Waals surface area contributed by atoms with Crippen molar-refractivity contribution in [2.75, 3.05) is 17.7 Å². The summed E-state index contributed by atoms with van der Waals surface area (Å²) in [4.78, 5) is 22.9. The molecule has 0 unspecified atom stereocenters. The summed E-state index contributed by atoms with van der Waals surface area (Å²) in [6.07, 6.45) is 3.15. The molecule has 1 aliphatic carbocycles. The maximum Gasteiger partial charge on any atom is 0.411 e. The van der Waals surface area contributed by atoms with Crippen LogP contribution < -0.4 is 10.6 Å². The zero-order chi connectivity index (χ0) is 14.5. The molecule has 1 saturated carbocycles. The molecular weight excluding hydrogens is 263 g/mol. The maximum absolute atomic E-state index is 13.8. The average molecular weight is 280 g/mol. The number of carbonyl (C=O) groups is 2. The zero-order valence-corrected chi connectivity index (χ0v) is 11.2. The van der Waals surface area contributed by atoms with E-state index in [0.717, 1.165) is 25.7 Å². The molecule has 0 atom stereocenters. The first-order valence-electron chi connectivity index (χ1n) is 6.55. The molecule has 0 aromatic heterocycles. The number of benzene rings is 1. The van der Waals surface area contributed by atoms with Gasteiger partial charge in [0.1, 0.15) is 5.82 Å². The Morgan fingerprint density at radius 1 is 1.25 bits per heavy atom. The van der Waals surface area contributed by atoms with Crippen molar-refractivity contribution in [3.8, 4) is 0 Å². The highest BCUT2D eigenvalue weighted by atomic mass is 19.1. The number of halogens is 1. The van der Waals surface area contributed by atoms with Crippen LogP contribution in [0.1, 0.15) is 25.7 Å². The van der Waals surface area contributed by atoms with Crippen LogP contribution in [0.5, 0.6) is 0 Å². The van der Waals surface area contributed by atoms with Crippen LogP contribution in [0.15, 0.2) is 18.2 Å². The van der Waals surface area contributed by atoms with E-state index < -0.39 is 11.9 Å². The van der Waals surface area contributed by atoms with E-state index in [1.807, 2.05) is 0 Å². The van der Waals surface area contributed by atoms with Gasteiger partial charge in [0.2, 0.25) is 5.91 Å². The monoisotopic (exact) mass is 280 g/mol. The van der Waals surface area contributed by atoms with E-state index >= 15 is 0 Å². The van der Waals surface area contributed by atoms with Gasteiger partial charge in [-0.1, -0.05) is 12.8 Å². The fourth-order valence-electron chi connectivity index (χ4n) is 2.29. The van der Waals surface area contributed by atoms with Crippen molar-refractivity contribution in [1.29, 1.82) is 0 Å². The highest BCUT2D eigenvalue weighted by Gasteiger charge is 2.22. The number of hydrogen-bond acceptors (Lipinski definition) is 3. The lowest BCUT2D eigenvalue weighted by Crippen LogP contribution is -2.20. The van der Waals surface area contributed by atoms with Crippen molar-refractivity contribution < 1.29 is 18.7 Å². The summed E-state index contributed by atoms with van der Waals surface area (Å²) in [6, 6.07) is 4.11. The summed E-state index contributed by atoms with van der Waals surface area (Å²) < 4.78 is 18.1. The van der Waals surface area contributed by atoms with Crippen molar-refractivity contribution in [1.82, 2.24) is 0 Å². The minimum atomic E-state index is -0.744. The molecule has 1 fully saturated rings. The van der Waals surface area contributed by atoms with Gasteiger partial charge in [-0.05, 0) is 31.0 Å². The lowest BCUT2D eigenvalue weighted by atomic mass is 10.1. The first kappa shape index (κ1) is 14.3. The summed E-state index contributed by atoms with van der Waals surface area (Å²) in [5, 5.41) is 4.94. The van der Waals surface area contributed by atoms with Crippen LogP contribution in [-0.2, 0) is 9.53 Å². The third-order valence-corrected chi connectivity index (χ3v) is 3.38. The number of amides is 2. The van der Waals surface area contributed by atoms with Gasteiger partial charge in [0.15, 0.2) is 0 Å². The van der Waals surface area contributed by atoms with Crippen molar-refractivity contribution >= 4 is 23.4 Å². The van der Waals surface area contributed by atoms with Gasteiger partial charge in [0.25, 0.3) is 0 Å². The van der Waals surface area contributed by atoms with Gasteiger partial charge < -0.3 is 10.1 Å². The Balaban J connectivity index is 2.01. The molecule has 2 N–H and O–H groups in total. The van der Waals surface area contributed by atoms with Crippen LogP contribution in [-0.4, -0.2) is 19.1 Å². The van der Waals surface area contributed by atoms with E-state index in [1.165, 1.54) is 19.2 Å². The lowest BCUT2D eigenvalue weighted by Gasteiger charge is -2.11. The molecule has 0 saturated heterocycles. The molecule has 1 aromatic carbocycles. The molecule has 1 aliphatic rings. The smallest absolute Gasteiger partial charge is 0.411 e. The van der Waals surface area contributed by atoms with Crippen LogP contribution in [0.2, 0.25) is 0 Å². The van der Waals surface area contributed by atoms with Gasteiger partial charge in [-0.25, -0.2) is 9.18 Å². The predicted molar refractivity (Wildman–Crippen MR) is 73.0 cm³/mol. The van der Waals surface area contributed by atoms with Crippen molar-refractivity contribution in [2.24, 2.45) is 5.92 Å². The summed E-state index contributed by atoms with van der Waals surface area (Å²) in [5.74, 6) is -0.680. The molecule has 2 amide bonds. The van der Waals surface area contributed by atoms with Crippen LogP contribution in [0.4, 0.5) is 20.6 Å². The van der Waals surface area contributed by atoms with Gasteiger partial charge in [-0.15, -0.1) is 0 Å². The third kappa shape index (κ3) is 3.46. The minimum Gasteiger partial charge on any atom is -0.453 e. The van der Waals surface area contributed by atoms with Crippen LogP contribution in [0.3, 0.4) is 0 Å². The van der Waals surface area contributed by atoms with Crippen LogP contribution >= 0.6 is 0 Å². The molecule has 0 aliphatic heterocycles. The van der Waals surface area contributed by atoms with E-state index in [2.05, 4.69) is 15.4 Å². The molecule has 20 heavy (non-hydrogen) atoms. The average Bonchev–Trinajstić information content (AvgIpc) is 2.95. The number of rotatable bonds is 3. The number of hydrogen-bond donors (Lipinski definition) is 2. The van der Waals surface area contributed by atoms with Crippen molar-refractivity contribution in [3.05, 3.63) is 24.0 Å². The molecule has 1 aromatic rings. The SMILES string of the molecule is COC(=O)Nc1ccc(NC(=O)C2CCCC2)cc1F. The predicted octanol–water partition coefficient (Wildman–Crippen LogP) is 3.13. The van der Waals surface area contributed by atoms with E-state index in [0.29, 0.717) is 5.69 Å². The molecular formula is C14H17FN2O3. The fourth-order valence-corrected chi connectivity index (χ4v) is 2.29. The first-order valence-corrected chi connectivity index (χ1v) is 6.55. The van der Waals surface area contributed by atoms with Crippen molar-refractivity contribution in [2.45, 2.75) is 25.7 Å². The van der Waals surface area contributed by atoms with Crippen LogP contribution in [0, 0.1) is 11.7 Å². The number of methoxy groups -OCH3 is 1. The Bertz CT molecular complexity index is 513. The largest absolute Gasteiger partial charge is 0.453 e. The second-order valence-corrected chi connectivity index (χ2v) is 4.78. The zero-order valence-electron chi connectivity index (χ0n) is 11.2. The molecule has 0 heterocycles. The molecule has 2 rings (SSSR count). The van der Waals surface area contributed by atoms with E-state index in [9.17, 15) is 14.0 Å². The summed E-state index contributed by atoms with van der Waals surface area (Å²) in [6.45, 7) is 0. The molecule has 108 valence electrons. The summed E-state index contributed by atoms with van der Waals surface area (Å²) in [7, 11) is 1.20. The van der Waals surface area contributed by atoms with Gasteiger partial charge in [-0.3, -0.25) is 10.1 Å². The Morgan fingerprint density at radius 3 is 2.55 bits per heavy atom. The quantitative estimate of drug-likeness (QED) is 0.893. The highest BCUT2D eigenvalue weighted by Crippen LogP contribution is 2.26. The van der Waals surface area contributed by atoms with Gasteiger partial charge in [0, 0.05) is 11.6 Å². The van der Waals surface area contributed by atoms with Gasteiger partial charge >= 0.3 is 6.09 Å². The van der Waals surface area contributed by atoms with Gasteiger partial charge in [-0.2, -0.15) is 0 Å². The second kappa shape index (κ2) is 6.36. The Hall–Kier alpha value is -2.11. The third-order valence-electron chi connectivity index (χ3n) is 3.38. The number of ether oxygens (including phenoxy) is 1. The highest BCUT2D eigenvalue weighted by molar-refractivity contribution is 5.93. The summed E-state index contributed by atoms with van der Waals surface area (Å²) >= 11 is 0. The molecule has 6 heteroatoms. The molecule has 5 nitrogen and oxygen atoms in total. The number of nitrogens with one attached hydrogen (secondary N) is 2. The Kier molecular flexibility index (Phi) is 4.55. The Labute approximate surface area is 116 Å². The molecule has 0 bridgehead atoms. The first-order chi connectivity index (χ1) is 9.60. The number of carbonyl (C=O) groups excluding carboxylic acids is 2. The van der Waals surface area contributed by atoms with Crippen LogP contribution in [0.25, 0.3) is 0 Å². The second-order valence-electron chi connectivity index (χ2n) is 4.78. The minimum absolute atomic E-state index is 0.00992. The van der Waals surface area contributed by atoms with E-state index in [-0.39, 0.29) is 17.5 Å².